The molecule has 0 aliphatic rings. The third-order valence-corrected chi connectivity index (χ3v) is 10.1. The fourth-order valence-electron chi connectivity index (χ4n) is 8.43. The van der Waals surface area contributed by atoms with Crippen molar-refractivity contribution < 1.29 is 4.42 Å². The minimum Gasteiger partial charge on any atom is -0.456 e. The van der Waals surface area contributed by atoms with Gasteiger partial charge in [0.2, 0.25) is 0 Å². The number of nitrogens with zero attached hydrogens (tertiary/aromatic N) is 2. The minimum atomic E-state index is 0.932. The molecule has 43 heavy (non-hydrogen) atoms. The van der Waals surface area contributed by atoms with Crippen molar-refractivity contribution >= 4 is 109 Å². The summed E-state index contributed by atoms with van der Waals surface area (Å²) in [5.74, 6) is 0. The molecule has 12 rings (SSSR count). The van der Waals surface area contributed by atoms with E-state index in [9.17, 15) is 0 Å². The largest absolute Gasteiger partial charge is 0.456 e. The number of benzene rings is 7. The lowest BCUT2D eigenvalue weighted by molar-refractivity contribution is 0.669. The normalized spacial score (nSPS) is 13.1. The van der Waals surface area contributed by atoms with Crippen molar-refractivity contribution in [2.75, 3.05) is 0 Å². The lowest BCUT2D eigenvalue weighted by Crippen LogP contribution is -1.84. The van der Waals surface area contributed by atoms with Crippen LogP contribution in [-0.2, 0) is 0 Å². The maximum Gasteiger partial charge on any atom is 0.136 e. The Morgan fingerprint density at radius 1 is 0.349 bits per heavy atom. The van der Waals surface area contributed by atoms with E-state index in [4.69, 9.17) is 4.42 Å². The molecule has 3 heteroatoms. The second-order valence-electron chi connectivity index (χ2n) is 12.1. The minimum absolute atomic E-state index is 0.932. The summed E-state index contributed by atoms with van der Waals surface area (Å²) in [6.45, 7) is 0. The van der Waals surface area contributed by atoms with Crippen LogP contribution in [0.5, 0.6) is 0 Å². The maximum atomic E-state index is 6.37. The second-order valence-corrected chi connectivity index (χ2v) is 12.1. The van der Waals surface area contributed by atoms with Crippen LogP contribution in [0.25, 0.3) is 109 Å². The van der Waals surface area contributed by atoms with E-state index in [2.05, 4.69) is 124 Å². The van der Waals surface area contributed by atoms with Crippen molar-refractivity contribution in [2.45, 2.75) is 0 Å². The van der Waals surface area contributed by atoms with E-state index in [0.29, 0.717) is 0 Å². The summed E-state index contributed by atoms with van der Waals surface area (Å²) in [4.78, 5) is 0. The van der Waals surface area contributed by atoms with Crippen molar-refractivity contribution in [2.24, 2.45) is 0 Å². The van der Waals surface area contributed by atoms with Crippen LogP contribution in [0.2, 0.25) is 0 Å². The Hall–Kier alpha value is -5.80. The van der Waals surface area contributed by atoms with Gasteiger partial charge in [-0.2, -0.15) is 0 Å². The molecule has 7 aromatic carbocycles. The van der Waals surface area contributed by atoms with E-state index in [-0.39, 0.29) is 0 Å². The van der Waals surface area contributed by atoms with Crippen molar-refractivity contribution in [1.29, 1.82) is 0 Å². The zero-order valence-electron chi connectivity index (χ0n) is 22.8. The van der Waals surface area contributed by atoms with E-state index in [1.807, 2.05) is 6.07 Å². The second kappa shape index (κ2) is 6.80. The first kappa shape index (κ1) is 21.0. The number of furan rings is 1. The zero-order valence-corrected chi connectivity index (χ0v) is 22.8. The van der Waals surface area contributed by atoms with E-state index < -0.39 is 0 Å². The highest BCUT2D eigenvalue weighted by atomic mass is 16.3. The van der Waals surface area contributed by atoms with Gasteiger partial charge in [-0.3, -0.25) is 0 Å². The Bertz CT molecular complexity index is 3170. The first-order valence-electron chi connectivity index (χ1n) is 14.9. The average molecular weight is 545 g/mol. The Morgan fingerprint density at radius 3 is 1.95 bits per heavy atom. The Morgan fingerprint density at radius 2 is 1.02 bits per heavy atom. The third-order valence-electron chi connectivity index (χ3n) is 10.1. The number of rotatable bonds is 0. The van der Waals surface area contributed by atoms with Gasteiger partial charge >= 0.3 is 0 Å². The summed E-state index contributed by atoms with van der Waals surface area (Å²) in [6, 6.07) is 44.7. The quantitative estimate of drug-likeness (QED) is 0.186. The van der Waals surface area contributed by atoms with Gasteiger partial charge in [-0.25, -0.2) is 0 Å². The summed E-state index contributed by atoms with van der Waals surface area (Å²) < 4.78 is 11.4. The van der Waals surface area contributed by atoms with Crippen LogP contribution in [0.15, 0.2) is 126 Å². The highest BCUT2D eigenvalue weighted by Crippen LogP contribution is 2.47. The molecule has 3 nitrogen and oxygen atoms in total. The zero-order chi connectivity index (χ0) is 27.6. The van der Waals surface area contributed by atoms with E-state index in [1.54, 1.807) is 0 Å². The molecule has 0 saturated carbocycles. The third kappa shape index (κ3) is 2.25. The van der Waals surface area contributed by atoms with Gasteiger partial charge in [0.05, 0.1) is 33.1 Å². The van der Waals surface area contributed by atoms with Gasteiger partial charge in [0.1, 0.15) is 11.2 Å². The molecule has 0 N–H and O–H groups in total. The molecular weight excluding hydrogens is 524 g/mol. The molecule has 0 spiro atoms. The molecule has 12 aromatic rings. The highest BCUT2D eigenvalue weighted by Gasteiger charge is 2.24. The van der Waals surface area contributed by atoms with Crippen LogP contribution in [0.3, 0.4) is 0 Å². The molecule has 0 aliphatic heterocycles. The number of para-hydroxylation sites is 3. The van der Waals surface area contributed by atoms with Crippen LogP contribution in [0, 0.1) is 0 Å². The fourth-order valence-corrected chi connectivity index (χ4v) is 8.43. The summed E-state index contributed by atoms with van der Waals surface area (Å²) >= 11 is 0. The predicted octanol–water partition coefficient (Wildman–Crippen LogP) is 11.0. The molecule has 5 heterocycles. The topological polar surface area (TPSA) is 22.0 Å². The molecule has 0 saturated heterocycles. The molecule has 0 radical (unpaired) electrons. The number of aromatic nitrogens is 2. The highest BCUT2D eigenvalue weighted by molar-refractivity contribution is 6.34. The van der Waals surface area contributed by atoms with Gasteiger partial charge in [-0.1, -0.05) is 78.9 Å². The molecule has 0 aliphatic carbocycles. The molecular formula is C40H20N2O. The molecule has 0 amide bonds. The van der Waals surface area contributed by atoms with Crippen molar-refractivity contribution in [3.8, 4) is 0 Å². The molecule has 0 unspecified atom stereocenters. The van der Waals surface area contributed by atoms with Crippen LogP contribution in [-0.4, -0.2) is 8.80 Å². The fraction of sp³-hybridized carbons (Fsp3) is 0. The van der Waals surface area contributed by atoms with Crippen LogP contribution < -0.4 is 0 Å². The van der Waals surface area contributed by atoms with Gasteiger partial charge in [0.15, 0.2) is 0 Å². The van der Waals surface area contributed by atoms with Crippen LogP contribution >= 0.6 is 0 Å². The maximum absolute atomic E-state index is 6.37. The summed E-state index contributed by atoms with van der Waals surface area (Å²) in [6.07, 6.45) is 0. The SMILES string of the molecule is c1ccc2c(c1)cc1c3cc4oc5ccccc5c4cc3n3c4cc5c(cc4c2c13)c1cccc2c3ccccc3n5c21. The molecule has 196 valence electrons. The number of hydrogen-bond acceptors (Lipinski definition) is 1. The number of fused-ring (bicyclic) bond motifs is 17. The smallest absolute Gasteiger partial charge is 0.136 e. The molecule has 0 bridgehead atoms. The Balaban J connectivity index is 1.39. The Labute approximate surface area is 243 Å². The van der Waals surface area contributed by atoms with Gasteiger partial charge in [-0.05, 0) is 53.2 Å². The van der Waals surface area contributed by atoms with Gasteiger partial charge in [-0.15, -0.1) is 0 Å². The van der Waals surface area contributed by atoms with Gasteiger partial charge < -0.3 is 13.2 Å². The van der Waals surface area contributed by atoms with Gasteiger partial charge in [0.25, 0.3) is 0 Å². The van der Waals surface area contributed by atoms with E-state index >= 15 is 0 Å². The summed E-state index contributed by atoms with van der Waals surface area (Å²) in [7, 11) is 0. The van der Waals surface area contributed by atoms with Crippen molar-refractivity contribution in [3.05, 3.63) is 121 Å². The summed E-state index contributed by atoms with van der Waals surface area (Å²) in [5, 5.41) is 15.3. The average Bonchev–Trinajstić information content (AvgIpc) is 3.83. The van der Waals surface area contributed by atoms with Crippen LogP contribution in [0.4, 0.5) is 0 Å². The van der Waals surface area contributed by atoms with Gasteiger partial charge in [0, 0.05) is 53.9 Å². The standard InChI is InChI=1S/C40H20N2O/c1-2-9-22-21(8-1)16-30-28-19-37-29(24-11-4-6-15-36(24)43-37)18-33(28)42-35-20-34-27(17-31(35)38(22)40(30)42)26-13-7-12-25-23-10-3-5-14-32(23)41(34)39(25)26/h1-20H. The monoisotopic (exact) mass is 544 g/mol. The number of hydrogen-bond donors (Lipinski definition) is 0. The summed E-state index contributed by atoms with van der Waals surface area (Å²) in [5.41, 5.74) is 9.47. The molecule has 5 aromatic heterocycles. The van der Waals surface area contributed by atoms with Crippen LogP contribution in [0.1, 0.15) is 0 Å². The first-order chi connectivity index (χ1) is 21.3. The van der Waals surface area contributed by atoms with Crippen molar-refractivity contribution in [1.82, 2.24) is 8.80 Å². The molecule has 0 fully saturated rings. The first-order valence-corrected chi connectivity index (χ1v) is 14.9. The lowest BCUT2D eigenvalue weighted by atomic mass is 9.99. The van der Waals surface area contributed by atoms with Crippen molar-refractivity contribution in [3.63, 3.8) is 0 Å². The lowest BCUT2D eigenvalue weighted by Gasteiger charge is -2.03. The predicted molar refractivity (Wildman–Crippen MR) is 181 cm³/mol. The van der Waals surface area contributed by atoms with E-state index in [0.717, 1.165) is 21.9 Å². The molecule has 0 atom stereocenters. The Kier molecular flexibility index (Phi) is 3.32. The van der Waals surface area contributed by atoms with E-state index in [1.165, 1.54) is 87.0 Å².